The third kappa shape index (κ3) is 6.59. The Kier molecular flexibility index (Phi) is 9.01. The van der Waals surface area contributed by atoms with Crippen molar-refractivity contribution in [3.8, 4) is 12.1 Å². The summed E-state index contributed by atoms with van der Waals surface area (Å²) in [5.74, 6) is 0.386. The standard InChI is InChI=1S/C31H37ClF3N7O2/c1-5-26(43)41-14-13-40(16-21(41)9-12-36)28-22-15-20(2)42(27-23(31(33,34)35)7-6-8-24(27)32)17-25(22)37-29(38-28)44-19-30(10-11-30)18-39(3)4/h5-8,20-21H,1,9-11,13-19H2,2-4H3/t20-,21?/m0/s1. The molecule has 1 aromatic heterocycles. The summed E-state index contributed by atoms with van der Waals surface area (Å²) in [7, 11) is 4.03. The largest absolute Gasteiger partial charge is 0.463 e. The molecule has 5 rings (SSSR count). The lowest BCUT2D eigenvalue weighted by Crippen LogP contribution is -2.55. The highest BCUT2D eigenvalue weighted by Crippen LogP contribution is 2.47. The number of benzene rings is 1. The van der Waals surface area contributed by atoms with E-state index in [1.165, 1.54) is 18.2 Å². The van der Waals surface area contributed by atoms with Crippen LogP contribution in [0.1, 0.15) is 43.0 Å². The van der Waals surface area contributed by atoms with Crippen molar-refractivity contribution in [1.82, 2.24) is 19.8 Å². The Balaban J connectivity index is 1.53. The summed E-state index contributed by atoms with van der Waals surface area (Å²) in [6, 6.07) is 5.42. The fraction of sp³-hybridized carbons (Fsp3) is 0.548. The minimum absolute atomic E-state index is 0.0111. The Morgan fingerprint density at radius 1 is 1.30 bits per heavy atom. The maximum Gasteiger partial charge on any atom is 0.418 e. The smallest absolute Gasteiger partial charge is 0.418 e. The first-order chi connectivity index (χ1) is 20.9. The summed E-state index contributed by atoms with van der Waals surface area (Å²) in [5.41, 5.74) is 0.520. The zero-order valence-electron chi connectivity index (χ0n) is 25.2. The first-order valence-corrected chi connectivity index (χ1v) is 15.1. The number of nitrogens with zero attached hydrogens (tertiary/aromatic N) is 7. The van der Waals surface area contributed by atoms with Gasteiger partial charge in [0.25, 0.3) is 0 Å². The number of nitriles is 1. The highest BCUT2D eigenvalue weighted by molar-refractivity contribution is 6.33. The van der Waals surface area contributed by atoms with Gasteiger partial charge >= 0.3 is 12.2 Å². The average molecular weight is 632 g/mol. The molecule has 2 fully saturated rings. The average Bonchev–Trinajstić information content (AvgIpc) is 3.73. The van der Waals surface area contributed by atoms with Crippen LogP contribution in [0.5, 0.6) is 6.01 Å². The number of para-hydroxylation sites is 1. The molecule has 44 heavy (non-hydrogen) atoms. The van der Waals surface area contributed by atoms with Crippen molar-refractivity contribution in [3.63, 3.8) is 0 Å². The summed E-state index contributed by atoms with van der Waals surface area (Å²) in [4.78, 5) is 29.6. The number of hydrogen-bond acceptors (Lipinski definition) is 8. The Bertz CT molecular complexity index is 1460. The molecule has 1 aliphatic carbocycles. The van der Waals surface area contributed by atoms with E-state index in [0.717, 1.165) is 31.0 Å². The molecule has 1 amide bonds. The van der Waals surface area contributed by atoms with Crippen molar-refractivity contribution in [3.05, 3.63) is 52.7 Å². The zero-order valence-corrected chi connectivity index (χ0v) is 26.0. The summed E-state index contributed by atoms with van der Waals surface area (Å²) in [6.07, 6.45) is -0.787. The van der Waals surface area contributed by atoms with Crippen molar-refractivity contribution in [2.45, 2.75) is 57.4 Å². The highest BCUT2D eigenvalue weighted by atomic mass is 35.5. The number of hydrogen-bond donors (Lipinski definition) is 0. The fourth-order valence-corrected chi connectivity index (χ4v) is 6.65. The van der Waals surface area contributed by atoms with Gasteiger partial charge < -0.3 is 24.3 Å². The van der Waals surface area contributed by atoms with E-state index in [9.17, 15) is 23.2 Å². The molecule has 1 saturated heterocycles. The maximum atomic E-state index is 14.1. The number of rotatable bonds is 9. The molecule has 2 aromatic rings. The number of fused-ring (bicyclic) bond motifs is 1. The van der Waals surface area contributed by atoms with Gasteiger partial charge in [-0.15, -0.1) is 0 Å². The summed E-state index contributed by atoms with van der Waals surface area (Å²) >= 11 is 6.41. The number of halogens is 4. The molecule has 2 aliphatic heterocycles. The summed E-state index contributed by atoms with van der Waals surface area (Å²) in [5, 5.41) is 9.51. The molecule has 0 radical (unpaired) electrons. The lowest BCUT2D eigenvalue weighted by molar-refractivity contribution is -0.137. The number of carbonyl (C=O) groups excluding carboxylic acids is 1. The molecule has 0 bridgehead atoms. The molecule has 0 spiro atoms. The number of ether oxygens (including phenoxy) is 1. The SMILES string of the molecule is C=CC(=O)N1CCN(c2nc(OCC3(CN(C)C)CC3)nc3c2C[C@H](C)N(c2c(Cl)cccc2C(F)(F)F)C3)CC1CC#N. The van der Waals surface area contributed by atoms with E-state index in [2.05, 4.69) is 17.5 Å². The van der Waals surface area contributed by atoms with E-state index < -0.39 is 11.7 Å². The lowest BCUT2D eigenvalue weighted by Gasteiger charge is -2.43. The summed E-state index contributed by atoms with van der Waals surface area (Å²) in [6.45, 7) is 8.00. The van der Waals surface area contributed by atoms with E-state index in [1.54, 1.807) is 9.80 Å². The van der Waals surface area contributed by atoms with Gasteiger partial charge in [0.15, 0.2) is 0 Å². The van der Waals surface area contributed by atoms with Crippen molar-refractivity contribution in [2.75, 3.05) is 56.7 Å². The molecule has 3 aliphatic rings. The molecule has 1 unspecified atom stereocenters. The molecular formula is C31H37ClF3N7O2. The molecule has 0 N–H and O–H groups in total. The van der Waals surface area contributed by atoms with Crippen LogP contribution in [0.4, 0.5) is 24.7 Å². The van der Waals surface area contributed by atoms with Gasteiger partial charge in [0, 0.05) is 43.2 Å². The minimum atomic E-state index is -4.59. The normalized spacial score (nSPS) is 21.1. The first-order valence-electron chi connectivity index (χ1n) is 14.7. The predicted molar refractivity (Wildman–Crippen MR) is 162 cm³/mol. The van der Waals surface area contributed by atoms with Crippen LogP contribution in [0.3, 0.4) is 0 Å². The van der Waals surface area contributed by atoms with Crippen LogP contribution in [-0.4, -0.2) is 84.6 Å². The van der Waals surface area contributed by atoms with E-state index in [0.29, 0.717) is 44.2 Å². The number of anilines is 2. The first kappa shape index (κ1) is 31.9. The quantitative estimate of drug-likeness (QED) is 0.360. The second kappa shape index (κ2) is 12.4. The van der Waals surface area contributed by atoms with Gasteiger partial charge in [-0.2, -0.15) is 28.4 Å². The Morgan fingerprint density at radius 3 is 2.68 bits per heavy atom. The van der Waals surface area contributed by atoms with Crippen molar-refractivity contribution < 1.29 is 22.7 Å². The second-order valence-corrected chi connectivity index (χ2v) is 12.7. The van der Waals surface area contributed by atoms with Gasteiger partial charge in [-0.25, -0.2) is 0 Å². The maximum absolute atomic E-state index is 14.1. The van der Waals surface area contributed by atoms with Crippen LogP contribution in [0.25, 0.3) is 0 Å². The molecular weight excluding hydrogens is 595 g/mol. The number of aromatic nitrogens is 2. The Morgan fingerprint density at radius 2 is 2.05 bits per heavy atom. The number of alkyl halides is 3. The van der Waals surface area contributed by atoms with Crippen LogP contribution < -0.4 is 14.5 Å². The van der Waals surface area contributed by atoms with Gasteiger partial charge in [-0.1, -0.05) is 24.2 Å². The van der Waals surface area contributed by atoms with Gasteiger partial charge in [-0.05, 0) is 58.5 Å². The van der Waals surface area contributed by atoms with Crippen molar-refractivity contribution >= 4 is 29.0 Å². The van der Waals surface area contributed by atoms with Crippen LogP contribution >= 0.6 is 11.6 Å². The summed E-state index contributed by atoms with van der Waals surface area (Å²) < 4.78 is 48.5. The van der Waals surface area contributed by atoms with Crippen molar-refractivity contribution in [2.24, 2.45) is 5.41 Å². The van der Waals surface area contributed by atoms with Crippen LogP contribution in [0.2, 0.25) is 5.02 Å². The number of amides is 1. The monoisotopic (exact) mass is 631 g/mol. The van der Waals surface area contributed by atoms with E-state index in [-0.39, 0.29) is 53.1 Å². The molecule has 9 nitrogen and oxygen atoms in total. The molecule has 236 valence electrons. The van der Waals surface area contributed by atoms with Crippen LogP contribution in [-0.2, 0) is 23.9 Å². The van der Waals surface area contributed by atoms with Gasteiger partial charge in [0.05, 0.1) is 53.7 Å². The molecule has 3 heterocycles. The van der Waals surface area contributed by atoms with Gasteiger partial charge in [0.1, 0.15) is 5.82 Å². The number of carbonyl (C=O) groups is 1. The van der Waals surface area contributed by atoms with E-state index >= 15 is 0 Å². The second-order valence-electron chi connectivity index (χ2n) is 12.3. The molecule has 1 saturated carbocycles. The third-order valence-corrected chi connectivity index (χ3v) is 8.97. The van der Waals surface area contributed by atoms with Gasteiger partial charge in [-0.3, -0.25) is 4.79 Å². The van der Waals surface area contributed by atoms with E-state index in [1.807, 2.05) is 25.9 Å². The Hall–Kier alpha value is -3.56. The Labute approximate surface area is 260 Å². The highest BCUT2D eigenvalue weighted by Gasteiger charge is 2.44. The molecule has 1 aromatic carbocycles. The zero-order chi connectivity index (χ0) is 31.8. The topological polar surface area (TPSA) is 88.8 Å². The van der Waals surface area contributed by atoms with Gasteiger partial charge in [0.2, 0.25) is 5.91 Å². The minimum Gasteiger partial charge on any atom is -0.463 e. The fourth-order valence-electron chi connectivity index (χ4n) is 6.37. The van der Waals surface area contributed by atoms with Crippen molar-refractivity contribution in [1.29, 1.82) is 5.26 Å². The van der Waals surface area contributed by atoms with E-state index in [4.69, 9.17) is 26.3 Å². The molecule has 13 heteroatoms. The lowest BCUT2D eigenvalue weighted by atomic mass is 9.96. The molecule has 2 atom stereocenters. The van der Waals surface area contributed by atoms with Crippen LogP contribution in [0.15, 0.2) is 30.9 Å². The predicted octanol–water partition coefficient (Wildman–Crippen LogP) is 4.94. The van der Waals surface area contributed by atoms with Crippen LogP contribution in [0, 0.1) is 16.7 Å². The third-order valence-electron chi connectivity index (χ3n) is 8.66. The number of piperazine rings is 1.